The van der Waals surface area contributed by atoms with Gasteiger partial charge < -0.3 is 19.7 Å². The summed E-state index contributed by atoms with van der Waals surface area (Å²) in [6.07, 6.45) is 3.31. The van der Waals surface area contributed by atoms with Gasteiger partial charge in [-0.3, -0.25) is 0 Å². The fourth-order valence-electron chi connectivity index (χ4n) is 2.87. The maximum Gasteiger partial charge on any atom is 0.344 e. The number of amides is 2. The van der Waals surface area contributed by atoms with E-state index in [1.54, 1.807) is 56.9 Å². The Morgan fingerprint density at radius 3 is 2.74 bits per heavy atom. The highest BCUT2D eigenvalue weighted by Gasteiger charge is 2.17. The van der Waals surface area contributed by atoms with Crippen molar-refractivity contribution in [1.29, 1.82) is 0 Å². The van der Waals surface area contributed by atoms with Gasteiger partial charge in [-0.05, 0) is 45.4 Å². The second kappa shape index (κ2) is 9.03. The molecule has 1 N–H and O–H groups in total. The first-order valence-corrected chi connectivity index (χ1v) is 9.87. The van der Waals surface area contributed by atoms with Crippen LogP contribution in [0.2, 0.25) is 0 Å². The van der Waals surface area contributed by atoms with Gasteiger partial charge in [0.2, 0.25) is 0 Å². The van der Waals surface area contributed by atoms with Gasteiger partial charge in [0.05, 0.1) is 23.8 Å². The molecule has 3 rings (SSSR count). The van der Waals surface area contributed by atoms with E-state index < -0.39 is 11.6 Å². The Bertz CT molecular complexity index is 1090. The molecule has 0 saturated heterocycles. The molecule has 9 nitrogen and oxygen atoms in total. The molecule has 0 saturated carbocycles. The third kappa shape index (κ3) is 6.43. The van der Waals surface area contributed by atoms with Crippen molar-refractivity contribution in [2.45, 2.75) is 39.8 Å². The Labute approximate surface area is 181 Å². The number of aromatic nitrogens is 3. The van der Waals surface area contributed by atoms with Crippen molar-refractivity contribution in [1.82, 2.24) is 19.5 Å². The summed E-state index contributed by atoms with van der Waals surface area (Å²) in [4.78, 5) is 30.2. The summed E-state index contributed by atoms with van der Waals surface area (Å²) in [5, 5.41) is 7.11. The molecular weight excluding hydrogens is 398 g/mol. The maximum absolute atomic E-state index is 12.6. The number of anilines is 1. The van der Waals surface area contributed by atoms with Crippen LogP contribution in [-0.4, -0.2) is 50.8 Å². The number of carbonyl (C=O) groups excluding carboxylic acids is 2. The lowest BCUT2D eigenvalue weighted by molar-refractivity contribution is -0.157. The third-order valence-electron chi connectivity index (χ3n) is 4.13. The summed E-state index contributed by atoms with van der Waals surface area (Å²) in [5.74, 6) is 0.0909. The Hall–Kier alpha value is -3.62. The molecule has 0 aliphatic carbocycles. The zero-order valence-electron chi connectivity index (χ0n) is 18.4. The van der Waals surface area contributed by atoms with E-state index in [2.05, 4.69) is 15.4 Å². The minimum absolute atomic E-state index is 0.181. The molecule has 164 valence electrons. The molecule has 3 aromatic rings. The lowest BCUT2D eigenvalue weighted by Crippen LogP contribution is -2.31. The van der Waals surface area contributed by atoms with E-state index in [9.17, 15) is 9.59 Å². The number of rotatable bonds is 6. The summed E-state index contributed by atoms with van der Waals surface area (Å²) < 4.78 is 12.4. The fraction of sp³-hybridized carbons (Fsp3) is 0.364. The van der Waals surface area contributed by atoms with Crippen LogP contribution in [-0.2, 0) is 16.1 Å². The molecule has 0 fully saturated rings. The maximum atomic E-state index is 12.6. The van der Waals surface area contributed by atoms with Crippen molar-refractivity contribution in [3.63, 3.8) is 0 Å². The number of esters is 1. The number of hydrogen-bond acceptors (Lipinski definition) is 6. The largest absolute Gasteiger partial charge is 0.482 e. The van der Waals surface area contributed by atoms with Crippen molar-refractivity contribution in [3.8, 4) is 5.75 Å². The number of benzene rings is 1. The number of fused-ring (bicyclic) bond motifs is 1. The van der Waals surface area contributed by atoms with E-state index in [-0.39, 0.29) is 12.6 Å². The summed E-state index contributed by atoms with van der Waals surface area (Å²) in [7, 11) is 1.69. The van der Waals surface area contributed by atoms with Crippen molar-refractivity contribution < 1.29 is 19.1 Å². The van der Waals surface area contributed by atoms with Crippen LogP contribution in [0.5, 0.6) is 5.75 Å². The summed E-state index contributed by atoms with van der Waals surface area (Å²) >= 11 is 0. The lowest BCUT2D eigenvalue weighted by atomic mass is 10.2. The molecule has 1 aromatic carbocycles. The molecule has 0 bridgehead atoms. The van der Waals surface area contributed by atoms with E-state index in [1.165, 1.54) is 4.90 Å². The van der Waals surface area contributed by atoms with E-state index in [1.807, 2.05) is 25.1 Å². The van der Waals surface area contributed by atoms with Crippen LogP contribution >= 0.6 is 0 Å². The van der Waals surface area contributed by atoms with Gasteiger partial charge in [-0.2, -0.15) is 5.10 Å². The zero-order chi connectivity index (χ0) is 22.6. The predicted octanol–water partition coefficient (Wildman–Crippen LogP) is 3.42. The van der Waals surface area contributed by atoms with Crippen LogP contribution in [0.1, 0.15) is 32.0 Å². The first kappa shape index (κ1) is 22.1. The van der Waals surface area contributed by atoms with Gasteiger partial charge in [0.1, 0.15) is 11.4 Å². The van der Waals surface area contributed by atoms with Crippen LogP contribution in [0, 0.1) is 6.92 Å². The molecule has 0 aliphatic heterocycles. The minimum atomic E-state index is -0.561. The summed E-state index contributed by atoms with van der Waals surface area (Å²) in [6, 6.07) is 8.79. The van der Waals surface area contributed by atoms with Crippen molar-refractivity contribution >= 4 is 23.3 Å². The van der Waals surface area contributed by atoms with Gasteiger partial charge in [0.15, 0.2) is 12.3 Å². The second-order valence-corrected chi connectivity index (χ2v) is 8.24. The Morgan fingerprint density at radius 2 is 2.00 bits per heavy atom. The third-order valence-corrected chi connectivity index (χ3v) is 4.13. The molecule has 0 atom stereocenters. The van der Waals surface area contributed by atoms with Gasteiger partial charge >= 0.3 is 12.0 Å². The van der Waals surface area contributed by atoms with E-state index in [0.29, 0.717) is 23.6 Å². The fourth-order valence-corrected chi connectivity index (χ4v) is 2.87. The van der Waals surface area contributed by atoms with E-state index in [0.717, 1.165) is 11.3 Å². The van der Waals surface area contributed by atoms with Crippen LogP contribution < -0.4 is 10.1 Å². The monoisotopic (exact) mass is 425 g/mol. The number of nitrogens with zero attached hydrogens (tertiary/aromatic N) is 4. The number of nitrogens with one attached hydrogen (secondary N) is 1. The van der Waals surface area contributed by atoms with Gasteiger partial charge in [0, 0.05) is 19.7 Å². The molecule has 2 aromatic heterocycles. The number of hydrogen-bond donors (Lipinski definition) is 1. The topological polar surface area (TPSA) is 98.1 Å². The quantitative estimate of drug-likeness (QED) is 0.608. The first-order valence-electron chi connectivity index (χ1n) is 9.87. The number of carbonyl (C=O) groups is 2. The van der Waals surface area contributed by atoms with Gasteiger partial charge in [-0.1, -0.05) is 12.1 Å². The van der Waals surface area contributed by atoms with Crippen LogP contribution in [0.15, 0.2) is 42.7 Å². The Kier molecular flexibility index (Phi) is 6.43. The van der Waals surface area contributed by atoms with Crippen molar-refractivity contribution in [3.05, 3.63) is 54.0 Å². The van der Waals surface area contributed by atoms with Crippen molar-refractivity contribution in [2.75, 3.05) is 19.0 Å². The molecule has 9 heteroatoms. The van der Waals surface area contributed by atoms with Gasteiger partial charge in [-0.25, -0.2) is 19.1 Å². The molecule has 31 heavy (non-hydrogen) atoms. The normalized spacial score (nSPS) is 11.3. The Balaban J connectivity index is 1.56. The molecule has 0 unspecified atom stereocenters. The highest BCUT2D eigenvalue weighted by atomic mass is 16.6. The van der Waals surface area contributed by atoms with E-state index >= 15 is 0 Å². The Morgan fingerprint density at radius 1 is 1.23 bits per heavy atom. The molecular formula is C22H27N5O4. The smallest absolute Gasteiger partial charge is 0.344 e. The lowest BCUT2D eigenvalue weighted by Gasteiger charge is -2.20. The zero-order valence-corrected chi connectivity index (χ0v) is 18.4. The highest BCUT2D eigenvalue weighted by molar-refractivity contribution is 5.88. The molecule has 2 amide bonds. The summed E-state index contributed by atoms with van der Waals surface area (Å²) in [6.45, 7) is 7.46. The first-order chi connectivity index (χ1) is 14.6. The van der Waals surface area contributed by atoms with Gasteiger partial charge in [-0.15, -0.1) is 0 Å². The average molecular weight is 425 g/mol. The predicted molar refractivity (Wildman–Crippen MR) is 116 cm³/mol. The van der Waals surface area contributed by atoms with Gasteiger partial charge in [0.25, 0.3) is 0 Å². The average Bonchev–Trinajstić information content (AvgIpc) is 3.04. The minimum Gasteiger partial charge on any atom is -0.482 e. The number of aryl methyl sites for hydroxylation is 1. The van der Waals surface area contributed by atoms with Crippen molar-refractivity contribution in [2.24, 2.45) is 0 Å². The number of urea groups is 1. The molecule has 0 spiro atoms. The molecule has 2 heterocycles. The number of ether oxygens (including phenoxy) is 2. The highest BCUT2D eigenvalue weighted by Crippen LogP contribution is 2.16. The van der Waals surface area contributed by atoms with Crippen LogP contribution in [0.25, 0.3) is 5.65 Å². The van der Waals surface area contributed by atoms with Crippen LogP contribution in [0.3, 0.4) is 0 Å². The molecule has 0 aliphatic rings. The standard InChI is InChI=1S/C22H27N5O4/c1-15-9-19-23-11-17(13-27(19)25-15)24-21(29)26(5)12-16-7-6-8-18(10-16)30-14-20(28)31-22(2,3)4/h6-11,13H,12,14H2,1-5H3,(H,24,29). The second-order valence-electron chi connectivity index (χ2n) is 8.24. The summed E-state index contributed by atoms with van der Waals surface area (Å²) in [5.41, 5.74) is 2.40. The SMILES string of the molecule is Cc1cc2ncc(NC(=O)N(C)Cc3cccc(OCC(=O)OC(C)(C)C)c3)cn2n1. The van der Waals surface area contributed by atoms with Crippen LogP contribution in [0.4, 0.5) is 10.5 Å². The van der Waals surface area contributed by atoms with E-state index in [4.69, 9.17) is 9.47 Å². The molecule has 0 radical (unpaired) electrons.